The predicted octanol–water partition coefficient (Wildman–Crippen LogP) is 4.09. The van der Waals surface area contributed by atoms with Crippen LogP contribution in [0.2, 0.25) is 5.15 Å². The summed E-state index contributed by atoms with van der Waals surface area (Å²) in [7, 11) is 1.77. The van der Waals surface area contributed by atoms with Crippen LogP contribution in [-0.2, 0) is 17.9 Å². The molecule has 0 saturated heterocycles. The van der Waals surface area contributed by atoms with E-state index < -0.39 is 0 Å². The molecule has 1 aromatic heterocycles. The molecule has 1 aliphatic heterocycles. The van der Waals surface area contributed by atoms with Crippen LogP contribution >= 0.6 is 11.6 Å². The van der Waals surface area contributed by atoms with E-state index in [9.17, 15) is 4.79 Å². The van der Waals surface area contributed by atoms with E-state index in [4.69, 9.17) is 21.1 Å². The molecule has 0 atom stereocenters. The van der Waals surface area contributed by atoms with Gasteiger partial charge in [-0.1, -0.05) is 31.0 Å². The van der Waals surface area contributed by atoms with Crippen molar-refractivity contribution in [3.63, 3.8) is 0 Å². The molecule has 3 rings (SSSR count). The maximum atomic E-state index is 12.5. The normalized spacial score (nSPS) is 13.1. The van der Waals surface area contributed by atoms with Crippen molar-refractivity contribution in [2.75, 3.05) is 20.3 Å². The first-order valence-electron chi connectivity index (χ1n) is 9.54. The molecule has 0 aliphatic carbocycles. The fourth-order valence-corrected chi connectivity index (χ4v) is 3.35. The predicted molar refractivity (Wildman–Crippen MR) is 110 cm³/mol. The van der Waals surface area contributed by atoms with E-state index in [-0.39, 0.29) is 5.91 Å². The first-order valence-corrected chi connectivity index (χ1v) is 9.92. The van der Waals surface area contributed by atoms with Crippen LogP contribution < -0.4 is 9.47 Å². The number of halogens is 1. The van der Waals surface area contributed by atoms with E-state index in [1.54, 1.807) is 22.7 Å². The van der Waals surface area contributed by atoms with Crippen molar-refractivity contribution in [1.29, 1.82) is 0 Å². The van der Waals surface area contributed by atoms with Gasteiger partial charge in [0.25, 0.3) is 0 Å². The van der Waals surface area contributed by atoms with Crippen molar-refractivity contribution >= 4 is 23.6 Å². The van der Waals surface area contributed by atoms with Gasteiger partial charge in [0.15, 0.2) is 11.5 Å². The maximum absolute atomic E-state index is 12.5. The number of aryl methyl sites for hydroxylation is 2. The minimum Gasteiger partial charge on any atom is -0.486 e. The average Bonchev–Trinajstić information content (AvgIpc) is 2.97. The standard InChI is InChI=1S/C21H26ClN3O3/c1-4-5-10-25-21(22)17(15(2)23-25)7-9-20(26)24(3)14-16-6-8-18-19(13-16)28-12-11-27-18/h6-9,13H,4-5,10-12,14H2,1-3H3/b9-7+. The van der Waals surface area contributed by atoms with Crippen molar-refractivity contribution < 1.29 is 14.3 Å². The van der Waals surface area contributed by atoms with E-state index in [2.05, 4.69) is 12.0 Å². The Hall–Kier alpha value is -2.47. The van der Waals surface area contributed by atoms with Crippen LogP contribution in [0.3, 0.4) is 0 Å². The summed E-state index contributed by atoms with van der Waals surface area (Å²) in [5.74, 6) is 1.36. The molecular weight excluding hydrogens is 378 g/mol. The van der Waals surface area contributed by atoms with Crippen LogP contribution in [0.15, 0.2) is 24.3 Å². The lowest BCUT2D eigenvalue weighted by atomic mass is 10.2. The van der Waals surface area contributed by atoms with Gasteiger partial charge >= 0.3 is 0 Å². The lowest BCUT2D eigenvalue weighted by Gasteiger charge is -2.20. The number of hydrogen-bond acceptors (Lipinski definition) is 4. The van der Waals surface area contributed by atoms with Crippen molar-refractivity contribution in [2.24, 2.45) is 0 Å². The van der Waals surface area contributed by atoms with Crippen LogP contribution in [0.1, 0.15) is 36.6 Å². The number of hydrogen-bond donors (Lipinski definition) is 0. The summed E-state index contributed by atoms with van der Waals surface area (Å²) in [4.78, 5) is 14.2. The summed E-state index contributed by atoms with van der Waals surface area (Å²) in [6.45, 7) is 6.38. The molecule has 150 valence electrons. The van der Waals surface area contributed by atoms with Gasteiger partial charge in [-0.05, 0) is 37.1 Å². The number of carbonyl (C=O) groups excluding carboxylic acids is 1. The van der Waals surface area contributed by atoms with Crippen LogP contribution in [0.5, 0.6) is 11.5 Å². The first kappa shape index (κ1) is 20.3. The van der Waals surface area contributed by atoms with Gasteiger partial charge in [-0.25, -0.2) is 0 Å². The number of aromatic nitrogens is 2. The third-order valence-corrected chi connectivity index (χ3v) is 5.03. The van der Waals surface area contributed by atoms with Gasteiger partial charge in [0, 0.05) is 31.8 Å². The molecule has 0 bridgehead atoms. The molecular formula is C21H26ClN3O3. The largest absolute Gasteiger partial charge is 0.486 e. The SMILES string of the molecule is CCCCn1nc(C)c(/C=C/C(=O)N(C)Cc2ccc3c(c2)OCCO3)c1Cl. The summed E-state index contributed by atoms with van der Waals surface area (Å²) >= 11 is 6.42. The average molecular weight is 404 g/mol. The topological polar surface area (TPSA) is 56.6 Å². The summed E-state index contributed by atoms with van der Waals surface area (Å²) in [6, 6.07) is 5.74. The molecule has 2 aromatic rings. The van der Waals surface area contributed by atoms with Gasteiger partial charge in [-0.3, -0.25) is 9.48 Å². The molecule has 1 aromatic carbocycles. The number of nitrogens with zero attached hydrogens (tertiary/aromatic N) is 3. The number of ether oxygens (including phenoxy) is 2. The van der Waals surface area contributed by atoms with E-state index in [0.29, 0.717) is 24.9 Å². The number of likely N-dealkylation sites (N-methyl/N-ethyl adjacent to an activating group) is 1. The Kier molecular flexibility index (Phi) is 6.62. The van der Waals surface area contributed by atoms with Crippen LogP contribution in [0.25, 0.3) is 6.08 Å². The van der Waals surface area contributed by atoms with Crippen molar-refractivity contribution in [3.8, 4) is 11.5 Å². The molecule has 7 heteroatoms. The van der Waals surface area contributed by atoms with Crippen LogP contribution in [0, 0.1) is 6.92 Å². The molecule has 0 N–H and O–H groups in total. The van der Waals surface area contributed by atoms with Gasteiger partial charge in [0.05, 0.1) is 5.69 Å². The zero-order chi connectivity index (χ0) is 20.1. The fourth-order valence-electron chi connectivity index (χ4n) is 3.03. The molecule has 0 unspecified atom stereocenters. The second-order valence-electron chi connectivity index (χ2n) is 6.87. The first-order chi connectivity index (χ1) is 13.5. The highest BCUT2D eigenvalue weighted by Gasteiger charge is 2.14. The molecule has 0 saturated carbocycles. The molecule has 0 fully saturated rings. The number of benzene rings is 1. The van der Waals surface area contributed by atoms with Gasteiger partial charge in [-0.15, -0.1) is 0 Å². The van der Waals surface area contributed by atoms with Crippen molar-refractivity contribution in [3.05, 3.63) is 46.2 Å². The number of amides is 1. The second kappa shape index (κ2) is 9.15. The minimum atomic E-state index is -0.105. The third-order valence-electron chi connectivity index (χ3n) is 4.63. The zero-order valence-corrected chi connectivity index (χ0v) is 17.3. The Morgan fingerprint density at radius 1 is 1.32 bits per heavy atom. The van der Waals surface area contributed by atoms with Crippen LogP contribution in [-0.4, -0.2) is 40.8 Å². The van der Waals surface area contributed by atoms with Crippen molar-refractivity contribution in [1.82, 2.24) is 14.7 Å². The number of unbranched alkanes of at least 4 members (excludes halogenated alkanes) is 1. The highest BCUT2D eigenvalue weighted by molar-refractivity contribution is 6.31. The molecule has 6 nitrogen and oxygen atoms in total. The molecule has 0 spiro atoms. The van der Waals surface area contributed by atoms with E-state index >= 15 is 0 Å². The van der Waals surface area contributed by atoms with Gasteiger partial charge in [0.2, 0.25) is 5.91 Å². The van der Waals surface area contributed by atoms with E-state index in [1.807, 2.05) is 25.1 Å². The number of fused-ring (bicyclic) bond motifs is 1. The second-order valence-corrected chi connectivity index (χ2v) is 7.23. The summed E-state index contributed by atoms with van der Waals surface area (Å²) in [5, 5.41) is 5.04. The molecule has 28 heavy (non-hydrogen) atoms. The number of carbonyl (C=O) groups is 1. The van der Waals surface area contributed by atoms with E-state index in [0.717, 1.165) is 47.7 Å². The van der Waals surface area contributed by atoms with Crippen molar-refractivity contribution in [2.45, 2.75) is 39.8 Å². The molecule has 1 aliphatic rings. The molecule has 2 heterocycles. The van der Waals surface area contributed by atoms with Gasteiger partial charge in [0.1, 0.15) is 18.4 Å². The lowest BCUT2D eigenvalue weighted by molar-refractivity contribution is -0.125. The highest BCUT2D eigenvalue weighted by atomic mass is 35.5. The zero-order valence-electron chi connectivity index (χ0n) is 16.6. The Balaban J connectivity index is 1.65. The minimum absolute atomic E-state index is 0.105. The Morgan fingerprint density at radius 2 is 2.07 bits per heavy atom. The maximum Gasteiger partial charge on any atom is 0.246 e. The lowest BCUT2D eigenvalue weighted by Crippen LogP contribution is -2.24. The Labute approximate surface area is 170 Å². The summed E-state index contributed by atoms with van der Waals surface area (Å²) in [5.41, 5.74) is 2.59. The fraction of sp³-hybridized carbons (Fsp3) is 0.429. The molecule has 1 amide bonds. The number of rotatable bonds is 7. The van der Waals surface area contributed by atoms with Gasteiger partial charge in [-0.2, -0.15) is 5.10 Å². The van der Waals surface area contributed by atoms with Crippen LogP contribution in [0.4, 0.5) is 0 Å². The quantitative estimate of drug-likeness (QED) is 0.653. The highest BCUT2D eigenvalue weighted by Crippen LogP contribution is 2.31. The van der Waals surface area contributed by atoms with Gasteiger partial charge < -0.3 is 14.4 Å². The Morgan fingerprint density at radius 3 is 2.82 bits per heavy atom. The smallest absolute Gasteiger partial charge is 0.246 e. The third kappa shape index (κ3) is 4.68. The monoisotopic (exact) mass is 403 g/mol. The van der Waals surface area contributed by atoms with E-state index in [1.165, 1.54) is 6.08 Å². The summed E-state index contributed by atoms with van der Waals surface area (Å²) < 4.78 is 12.9. The summed E-state index contributed by atoms with van der Waals surface area (Å²) in [6.07, 6.45) is 5.37. The molecule has 0 radical (unpaired) electrons. The Bertz CT molecular complexity index is 876.